The smallest absolute Gasteiger partial charge is 0.226 e. The largest absolute Gasteiger partial charge is 0.508 e. The zero-order valence-electron chi connectivity index (χ0n) is 12.1. The summed E-state index contributed by atoms with van der Waals surface area (Å²) >= 11 is 0. The molecule has 0 aliphatic heterocycles. The van der Waals surface area contributed by atoms with Gasteiger partial charge in [0.15, 0.2) is 0 Å². The maximum Gasteiger partial charge on any atom is 0.226 e. The Hall–Kier alpha value is -1.55. The third-order valence-corrected chi connectivity index (χ3v) is 4.26. The Morgan fingerprint density at radius 1 is 1.30 bits per heavy atom. The molecule has 1 saturated carbocycles. The van der Waals surface area contributed by atoms with E-state index in [1.54, 1.807) is 17.0 Å². The van der Waals surface area contributed by atoms with Crippen molar-refractivity contribution in [2.45, 2.75) is 32.2 Å². The lowest BCUT2D eigenvalue weighted by molar-refractivity contribution is -0.137. The minimum absolute atomic E-state index is 0.0795. The fourth-order valence-corrected chi connectivity index (χ4v) is 3.05. The number of nitrogens with zero attached hydrogens (tertiary/aromatic N) is 1. The van der Waals surface area contributed by atoms with Crippen LogP contribution in [0, 0.1) is 11.8 Å². The van der Waals surface area contributed by atoms with Crippen molar-refractivity contribution in [2.24, 2.45) is 17.6 Å². The van der Waals surface area contributed by atoms with E-state index in [0.29, 0.717) is 19.0 Å². The maximum absolute atomic E-state index is 12.6. The molecule has 0 spiro atoms. The Balaban J connectivity index is 1.98. The Kier molecular flexibility index (Phi) is 5.01. The second kappa shape index (κ2) is 6.75. The zero-order chi connectivity index (χ0) is 14.5. The quantitative estimate of drug-likeness (QED) is 0.885. The van der Waals surface area contributed by atoms with Gasteiger partial charge in [-0.15, -0.1) is 0 Å². The van der Waals surface area contributed by atoms with E-state index in [-0.39, 0.29) is 17.6 Å². The predicted molar refractivity (Wildman–Crippen MR) is 79.1 cm³/mol. The third kappa shape index (κ3) is 3.51. The van der Waals surface area contributed by atoms with Gasteiger partial charge in [-0.1, -0.05) is 25.0 Å². The number of hydrogen-bond acceptors (Lipinski definition) is 3. The van der Waals surface area contributed by atoms with Crippen molar-refractivity contribution in [1.82, 2.24) is 4.90 Å². The SMILES string of the molecule is CN(Cc1ccc(O)cc1)C(=O)C1CCCCC1CN. The van der Waals surface area contributed by atoms with E-state index in [1.165, 1.54) is 6.42 Å². The molecule has 110 valence electrons. The van der Waals surface area contributed by atoms with Gasteiger partial charge in [0.1, 0.15) is 5.75 Å². The Morgan fingerprint density at radius 3 is 2.60 bits per heavy atom. The summed E-state index contributed by atoms with van der Waals surface area (Å²) in [5.74, 6) is 0.862. The van der Waals surface area contributed by atoms with Gasteiger partial charge >= 0.3 is 0 Å². The van der Waals surface area contributed by atoms with E-state index >= 15 is 0 Å². The van der Waals surface area contributed by atoms with Crippen LogP contribution >= 0.6 is 0 Å². The van der Waals surface area contributed by atoms with E-state index in [2.05, 4.69) is 0 Å². The van der Waals surface area contributed by atoms with Gasteiger partial charge in [-0.2, -0.15) is 0 Å². The summed E-state index contributed by atoms with van der Waals surface area (Å²) in [5.41, 5.74) is 6.83. The molecule has 3 N–H and O–H groups in total. The molecule has 2 unspecified atom stereocenters. The molecule has 4 heteroatoms. The predicted octanol–water partition coefficient (Wildman–Crippen LogP) is 2.12. The fourth-order valence-electron chi connectivity index (χ4n) is 3.05. The zero-order valence-corrected chi connectivity index (χ0v) is 12.1. The van der Waals surface area contributed by atoms with Crippen molar-refractivity contribution in [1.29, 1.82) is 0 Å². The minimum Gasteiger partial charge on any atom is -0.508 e. The van der Waals surface area contributed by atoms with Crippen molar-refractivity contribution in [2.75, 3.05) is 13.6 Å². The second-order valence-electron chi connectivity index (χ2n) is 5.75. The van der Waals surface area contributed by atoms with Gasteiger partial charge in [-0.3, -0.25) is 4.79 Å². The molecule has 0 bridgehead atoms. The molecule has 4 nitrogen and oxygen atoms in total. The normalized spacial score (nSPS) is 22.5. The van der Waals surface area contributed by atoms with E-state index in [9.17, 15) is 9.90 Å². The molecule has 1 aromatic carbocycles. The standard InChI is InChI=1S/C16H24N2O2/c1-18(11-12-6-8-14(19)9-7-12)16(20)15-5-3-2-4-13(15)10-17/h6-9,13,15,19H,2-5,10-11,17H2,1H3. The Morgan fingerprint density at radius 2 is 1.95 bits per heavy atom. The lowest BCUT2D eigenvalue weighted by Crippen LogP contribution is -2.40. The molecule has 0 saturated heterocycles. The number of nitrogens with two attached hydrogens (primary N) is 1. The summed E-state index contributed by atoms with van der Waals surface area (Å²) in [6.45, 7) is 1.18. The van der Waals surface area contributed by atoms with E-state index in [1.807, 2.05) is 19.2 Å². The number of hydrogen-bond donors (Lipinski definition) is 2. The lowest BCUT2D eigenvalue weighted by Gasteiger charge is -2.32. The van der Waals surface area contributed by atoms with Crippen molar-refractivity contribution >= 4 is 5.91 Å². The van der Waals surface area contributed by atoms with Crippen molar-refractivity contribution < 1.29 is 9.90 Å². The molecule has 1 aliphatic carbocycles. The van der Waals surface area contributed by atoms with Crippen LogP contribution in [0.4, 0.5) is 0 Å². The summed E-state index contributed by atoms with van der Waals surface area (Å²) in [7, 11) is 1.84. The highest BCUT2D eigenvalue weighted by molar-refractivity contribution is 5.79. The topological polar surface area (TPSA) is 66.6 Å². The average Bonchev–Trinajstić information content (AvgIpc) is 2.48. The van der Waals surface area contributed by atoms with Crippen LogP contribution in [0.25, 0.3) is 0 Å². The first-order valence-electron chi connectivity index (χ1n) is 7.34. The van der Waals surface area contributed by atoms with Crippen molar-refractivity contribution in [3.05, 3.63) is 29.8 Å². The van der Waals surface area contributed by atoms with E-state index in [4.69, 9.17) is 5.73 Å². The average molecular weight is 276 g/mol. The Labute approximate surface area is 120 Å². The highest BCUT2D eigenvalue weighted by Gasteiger charge is 2.31. The number of carbonyl (C=O) groups excluding carboxylic acids is 1. The van der Waals surface area contributed by atoms with E-state index in [0.717, 1.165) is 24.8 Å². The minimum atomic E-state index is 0.0795. The number of amides is 1. The van der Waals surface area contributed by atoms with Crippen molar-refractivity contribution in [3.8, 4) is 5.75 Å². The number of benzene rings is 1. The lowest BCUT2D eigenvalue weighted by atomic mass is 9.78. The third-order valence-electron chi connectivity index (χ3n) is 4.26. The van der Waals surface area contributed by atoms with Gasteiger partial charge in [-0.25, -0.2) is 0 Å². The summed E-state index contributed by atoms with van der Waals surface area (Å²) in [5, 5.41) is 9.28. The molecule has 1 aliphatic rings. The first-order chi connectivity index (χ1) is 9.61. The van der Waals surface area contributed by atoms with Gasteiger partial charge in [-0.05, 0) is 43.0 Å². The fraction of sp³-hybridized carbons (Fsp3) is 0.562. The van der Waals surface area contributed by atoms with Crippen LogP contribution in [0.15, 0.2) is 24.3 Å². The van der Waals surface area contributed by atoms with Crippen LogP contribution in [-0.4, -0.2) is 29.5 Å². The summed E-state index contributed by atoms with van der Waals surface area (Å²) in [4.78, 5) is 14.3. The number of carbonyl (C=O) groups is 1. The van der Waals surface area contributed by atoms with Gasteiger partial charge in [0.05, 0.1) is 0 Å². The Bertz CT molecular complexity index is 444. The van der Waals surface area contributed by atoms with Crippen LogP contribution in [0.1, 0.15) is 31.2 Å². The van der Waals surface area contributed by atoms with Crippen LogP contribution in [0.5, 0.6) is 5.75 Å². The summed E-state index contributed by atoms with van der Waals surface area (Å²) < 4.78 is 0. The van der Waals surface area contributed by atoms with Gasteiger partial charge in [0.25, 0.3) is 0 Å². The molecule has 2 rings (SSSR count). The van der Waals surface area contributed by atoms with Crippen LogP contribution in [0.3, 0.4) is 0 Å². The molecule has 1 fully saturated rings. The monoisotopic (exact) mass is 276 g/mol. The number of phenols is 1. The number of aromatic hydroxyl groups is 1. The highest BCUT2D eigenvalue weighted by Crippen LogP contribution is 2.30. The molecule has 0 heterocycles. The second-order valence-corrected chi connectivity index (χ2v) is 5.75. The van der Waals surface area contributed by atoms with E-state index < -0.39 is 0 Å². The van der Waals surface area contributed by atoms with Gasteiger partial charge in [0.2, 0.25) is 5.91 Å². The van der Waals surface area contributed by atoms with Crippen LogP contribution in [0.2, 0.25) is 0 Å². The summed E-state index contributed by atoms with van der Waals surface area (Å²) in [6, 6.07) is 6.99. The van der Waals surface area contributed by atoms with Crippen LogP contribution in [-0.2, 0) is 11.3 Å². The molecule has 0 radical (unpaired) electrons. The van der Waals surface area contributed by atoms with Crippen LogP contribution < -0.4 is 5.73 Å². The summed E-state index contributed by atoms with van der Waals surface area (Å²) in [6.07, 6.45) is 4.34. The molecule has 20 heavy (non-hydrogen) atoms. The molecule has 1 aromatic rings. The molecular weight excluding hydrogens is 252 g/mol. The molecule has 1 amide bonds. The maximum atomic E-state index is 12.6. The molecule has 2 atom stereocenters. The first kappa shape index (κ1) is 14.9. The molecular formula is C16H24N2O2. The number of phenolic OH excluding ortho intramolecular Hbond substituents is 1. The van der Waals surface area contributed by atoms with Gasteiger partial charge in [0, 0.05) is 19.5 Å². The first-order valence-corrected chi connectivity index (χ1v) is 7.34. The molecule has 0 aromatic heterocycles. The van der Waals surface area contributed by atoms with Gasteiger partial charge < -0.3 is 15.7 Å². The number of rotatable bonds is 4. The highest BCUT2D eigenvalue weighted by atomic mass is 16.3. The van der Waals surface area contributed by atoms with Crippen molar-refractivity contribution in [3.63, 3.8) is 0 Å².